The van der Waals surface area contributed by atoms with Gasteiger partial charge in [0.25, 0.3) is 0 Å². The molecule has 0 aliphatic carbocycles. The van der Waals surface area contributed by atoms with E-state index in [2.05, 4.69) is 41.3 Å². The Morgan fingerprint density at radius 2 is 1.65 bits per heavy atom. The molecular formula is C16H21N3O. The first-order valence-corrected chi connectivity index (χ1v) is 6.79. The minimum absolute atomic E-state index is 0.154. The molecule has 0 aliphatic heterocycles. The molecule has 4 nitrogen and oxygen atoms in total. The number of benzene rings is 1. The van der Waals surface area contributed by atoms with Crippen molar-refractivity contribution >= 4 is 0 Å². The zero-order valence-corrected chi connectivity index (χ0v) is 12.4. The predicted molar refractivity (Wildman–Crippen MR) is 79.7 cm³/mol. The Morgan fingerprint density at radius 3 is 2.25 bits per heavy atom. The van der Waals surface area contributed by atoms with Crippen LogP contribution in [0.15, 0.2) is 36.7 Å². The molecule has 0 saturated carbocycles. The monoisotopic (exact) mass is 271 g/mol. The number of nitrogens with one attached hydrogen (secondary N) is 1. The van der Waals surface area contributed by atoms with Crippen LogP contribution in [-0.4, -0.2) is 17.1 Å². The van der Waals surface area contributed by atoms with Crippen LogP contribution in [0.1, 0.15) is 42.9 Å². The number of ether oxygens (including phenoxy) is 1. The average Bonchev–Trinajstić information content (AvgIpc) is 2.47. The molecule has 0 fully saturated rings. The topological polar surface area (TPSA) is 47.0 Å². The number of aryl methyl sites for hydroxylation is 1. The van der Waals surface area contributed by atoms with Gasteiger partial charge in [-0.2, -0.15) is 0 Å². The quantitative estimate of drug-likeness (QED) is 0.907. The lowest BCUT2D eigenvalue weighted by atomic mass is 10.1. The van der Waals surface area contributed by atoms with Gasteiger partial charge < -0.3 is 10.1 Å². The molecule has 1 aromatic heterocycles. The summed E-state index contributed by atoms with van der Waals surface area (Å²) in [5.41, 5.74) is 3.18. The summed E-state index contributed by atoms with van der Waals surface area (Å²) < 4.78 is 5.18. The zero-order chi connectivity index (χ0) is 14.5. The third kappa shape index (κ3) is 3.33. The highest BCUT2D eigenvalue weighted by molar-refractivity contribution is 5.29. The van der Waals surface area contributed by atoms with Crippen LogP contribution < -0.4 is 10.1 Å². The Bertz CT molecular complexity index is 554. The molecule has 0 amide bonds. The molecule has 2 unspecified atom stereocenters. The molecule has 0 saturated heterocycles. The third-order valence-corrected chi connectivity index (χ3v) is 3.45. The van der Waals surface area contributed by atoms with Gasteiger partial charge in [0, 0.05) is 24.5 Å². The number of hydrogen-bond acceptors (Lipinski definition) is 4. The van der Waals surface area contributed by atoms with Gasteiger partial charge in [-0.3, -0.25) is 9.97 Å². The molecular weight excluding hydrogens is 250 g/mol. The van der Waals surface area contributed by atoms with Gasteiger partial charge in [-0.05, 0) is 38.5 Å². The van der Waals surface area contributed by atoms with Crippen LogP contribution in [0.3, 0.4) is 0 Å². The third-order valence-electron chi connectivity index (χ3n) is 3.45. The molecule has 2 aromatic rings. The van der Waals surface area contributed by atoms with Gasteiger partial charge in [0.2, 0.25) is 0 Å². The number of aromatic nitrogens is 2. The Morgan fingerprint density at radius 1 is 1.00 bits per heavy atom. The van der Waals surface area contributed by atoms with Gasteiger partial charge >= 0.3 is 0 Å². The Labute approximate surface area is 120 Å². The Kier molecular flexibility index (Phi) is 4.69. The maximum atomic E-state index is 5.18. The second-order valence-corrected chi connectivity index (χ2v) is 4.91. The molecule has 2 rings (SSSR count). The molecule has 1 N–H and O–H groups in total. The lowest BCUT2D eigenvalue weighted by molar-refractivity contribution is 0.414. The largest absolute Gasteiger partial charge is 0.497 e. The number of methoxy groups -OCH3 is 1. The summed E-state index contributed by atoms with van der Waals surface area (Å²) in [6, 6.07) is 8.50. The first kappa shape index (κ1) is 14.5. The van der Waals surface area contributed by atoms with Gasteiger partial charge in [0.05, 0.1) is 18.5 Å². The fourth-order valence-corrected chi connectivity index (χ4v) is 2.29. The molecule has 2 atom stereocenters. The molecule has 1 heterocycles. The van der Waals surface area contributed by atoms with E-state index >= 15 is 0 Å². The van der Waals surface area contributed by atoms with Crippen LogP contribution in [0.4, 0.5) is 0 Å². The minimum Gasteiger partial charge on any atom is -0.497 e. The van der Waals surface area contributed by atoms with Crippen molar-refractivity contribution in [1.82, 2.24) is 15.3 Å². The van der Waals surface area contributed by atoms with Crippen molar-refractivity contribution in [3.05, 3.63) is 53.6 Å². The summed E-state index contributed by atoms with van der Waals surface area (Å²) in [4.78, 5) is 8.69. The van der Waals surface area contributed by atoms with Gasteiger partial charge in [-0.1, -0.05) is 12.1 Å². The first-order valence-electron chi connectivity index (χ1n) is 6.79. The van der Waals surface area contributed by atoms with E-state index in [0.717, 1.165) is 17.1 Å². The minimum atomic E-state index is 0.154. The van der Waals surface area contributed by atoms with E-state index in [-0.39, 0.29) is 12.1 Å². The normalized spacial score (nSPS) is 13.8. The van der Waals surface area contributed by atoms with Crippen molar-refractivity contribution in [2.75, 3.05) is 7.11 Å². The van der Waals surface area contributed by atoms with E-state index in [0.29, 0.717) is 0 Å². The highest BCUT2D eigenvalue weighted by atomic mass is 16.5. The molecule has 20 heavy (non-hydrogen) atoms. The highest BCUT2D eigenvalue weighted by Gasteiger charge is 2.14. The van der Waals surface area contributed by atoms with Gasteiger partial charge in [-0.25, -0.2) is 0 Å². The fraction of sp³-hybridized carbons (Fsp3) is 0.375. The molecule has 0 spiro atoms. The van der Waals surface area contributed by atoms with Crippen LogP contribution in [0.25, 0.3) is 0 Å². The van der Waals surface area contributed by atoms with Crippen LogP contribution in [-0.2, 0) is 0 Å². The summed E-state index contributed by atoms with van der Waals surface area (Å²) in [7, 11) is 1.68. The second-order valence-electron chi connectivity index (χ2n) is 4.91. The summed E-state index contributed by atoms with van der Waals surface area (Å²) >= 11 is 0. The maximum absolute atomic E-state index is 5.18. The van der Waals surface area contributed by atoms with Crippen molar-refractivity contribution in [2.45, 2.75) is 32.9 Å². The SMILES string of the molecule is COc1ccc(C(C)NC(C)c2nccnc2C)cc1. The van der Waals surface area contributed by atoms with Gasteiger partial charge in [0.15, 0.2) is 0 Å². The van der Waals surface area contributed by atoms with Crippen molar-refractivity contribution in [2.24, 2.45) is 0 Å². The zero-order valence-electron chi connectivity index (χ0n) is 12.4. The smallest absolute Gasteiger partial charge is 0.118 e. The van der Waals surface area contributed by atoms with Gasteiger partial charge in [-0.15, -0.1) is 0 Å². The van der Waals surface area contributed by atoms with Crippen LogP contribution >= 0.6 is 0 Å². The van der Waals surface area contributed by atoms with Crippen LogP contribution in [0.2, 0.25) is 0 Å². The predicted octanol–water partition coefficient (Wildman–Crippen LogP) is 3.21. The van der Waals surface area contributed by atoms with E-state index in [9.17, 15) is 0 Å². The molecule has 4 heteroatoms. The van der Waals surface area contributed by atoms with E-state index < -0.39 is 0 Å². The molecule has 0 bridgehead atoms. The van der Waals surface area contributed by atoms with Crippen molar-refractivity contribution in [3.8, 4) is 5.75 Å². The van der Waals surface area contributed by atoms with Gasteiger partial charge in [0.1, 0.15) is 5.75 Å². The second kappa shape index (κ2) is 6.48. The lowest BCUT2D eigenvalue weighted by Gasteiger charge is -2.21. The van der Waals surface area contributed by atoms with E-state index in [1.165, 1.54) is 5.56 Å². The Hall–Kier alpha value is -1.94. The number of rotatable bonds is 5. The van der Waals surface area contributed by atoms with E-state index in [1.54, 1.807) is 19.5 Å². The number of nitrogens with zero attached hydrogens (tertiary/aromatic N) is 2. The highest BCUT2D eigenvalue weighted by Crippen LogP contribution is 2.21. The lowest BCUT2D eigenvalue weighted by Crippen LogP contribution is -2.24. The van der Waals surface area contributed by atoms with Crippen molar-refractivity contribution in [1.29, 1.82) is 0 Å². The summed E-state index contributed by atoms with van der Waals surface area (Å²) in [6.45, 7) is 6.24. The molecule has 0 aliphatic rings. The van der Waals surface area contributed by atoms with E-state index in [4.69, 9.17) is 4.74 Å². The summed E-state index contributed by atoms with van der Waals surface area (Å²) in [5.74, 6) is 0.874. The van der Waals surface area contributed by atoms with Crippen LogP contribution in [0, 0.1) is 6.92 Å². The summed E-state index contributed by atoms with van der Waals surface area (Å²) in [5, 5.41) is 3.55. The first-order chi connectivity index (χ1) is 9.61. The number of hydrogen-bond donors (Lipinski definition) is 1. The van der Waals surface area contributed by atoms with Crippen molar-refractivity contribution < 1.29 is 4.74 Å². The Balaban J connectivity index is 2.06. The molecule has 0 radical (unpaired) electrons. The molecule has 106 valence electrons. The standard InChI is InChI=1S/C16H21N3O/c1-11(14-5-7-15(20-4)8-6-14)19-13(3)16-12(2)17-9-10-18-16/h5-11,13,19H,1-4H3. The van der Waals surface area contributed by atoms with E-state index in [1.807, 2.05) is 19.1 Å². The average molecular weight is 271 g/mol. The summed E-state index contributed by atoms with van der Waals surface area (Å²) in [6.07, 6.45) is 3.46. The molecule has 1 aromatic carbocycles. The van der Waals surface area contributed by atoms with Crippen LogP contribution in [0.5, 0.6) is 5.75 Å². The van der Waals surface area contributed by atoms with Crippen molar-refractivity contribution in [3.63, 3.8) is 0 Å². The maximum Gasteiger partial charge on any atom is 0.118 e. The fourth-order valence-electron chi connectivity index (χ4n) is 2.29.